The van der Waals surface area contributed by atoms with Gasteiger partial charge >= 0.3 is 0 Å². The number of nitrogens with one attached hydrogen (secondary N) is 1. The van der Waals surface area contributed by atoms with E-state index in [4.69, 9.17) is 9.47 Å². The molecule has 2 aromatic heterocycles. The molecule has 0 saturated carbocycles. The van der Waals surface area contributed by atoms with Gasteiger partial charge in [-0.25, -0.2) is 8.78 Å². The molecule has 0 amide bonds. The van der Waals surface area contributed by atoms with Crippen molar-refractivity contribution in [2.75, 3.05) is 38.3 Å². The fraction of sp³-hybridized carbons (Fsp3) is 0.379. The first-order valence-electron chi connectivity index (χ1n) is 13.2. The number of ether oxygens (including phenoxy) is 2. The second-order valence-corrected chi connectivity index (χ2v) is 10.2. The first kappa shape index (κ1) is 25.4. The predicted molar refractivity (Wildman–Crippen MR) is 147 cm³/mol. The van der Waals surface area contributed by atoms with Gasteiger partial charge in [0.25, 0.3) is 12.0 Å². The average molecular weight is 536 g/mol. The van der Waals surface area contributed by atoms with Gasteiger partial charge in [-0.15, -0.1) is 0 Å². The fourth-order valence-electron chi connectivity index (χ4n) is 5.72. The molecule has 4 aromatic rings. The Morgan fingerprint density at radius 1 is 1.13 bits per heavy atom. The average Bonchev–Trinajstić information content (AvgIpc) is 3.45. The molecule has 1 N–H and O–H groups in total. The van der Waals surface area contributed by atoms with E-state index in [0.717, 1.165) is 37.0 Å². The third kappa shape index (κ3) is 4.42. The van der Waals surface area contributed by atoms with Gasteiger partial charge in [0.05, 0.1) is 42.8 Å². The van der Waals surface area contributed by atoms with Gasteiger partial charge in [-0.2, -0.15) is 5.10 Å². The standard InChI is InChI=1S/C29H31F2N5O3/c1-17-10-23-24(34(2)29(17)37)11-20(38-3)12-25(23)35-8-9-39-27-14-21(22(28(30)31)13-26(27)35)18-15-33-36(16-18)19-4-6-32-7-5-19/h10-16,19,28,32H,4-9H2,1-3H3. The molecule has 0 atom stereocenters. The van der Waals surface area contributed by atoms with E-state index in [9.17, 15) is 13.6 Å². The van der Waals surface area contributed by atoms with Gasteiger partial charge in [0, 0.05) is 47.5 Å². The van der Waals surface area contributed by atoms with E-state index < -0.39 is 6.43 Å². The highest BCUT2D eigenvalue weighted by atomic mass is 19.3. The molecule has 0 unspecified atom stereocenters. The van der Waals surface area contributed by atoms with E-state index in [2.05, 4.69) is 10.4 Å². The van der Waals surface area contributed by atoms with Crippen LogP contribution in [0.15, 0.2) is 47.5 Å². The van der Waals surface area contributed by atoms with Gasteiger partial charge < -0.3 is 24.3 Å². The molecule has 1 saturated heterocycles. The lowest BCUT2D eigenvalue weighted by Gasteiger charge is -2.33. The number of aryl methyl sites for hydroxylation is 2. The SMILES string of the molecule is COc1cc(N2CCOc3cc(-c4cnn(C5CCNCC5)c4)c(C(F)F)cc32)c2cc(C)c(=O)n(C)c2c1. The topological polar surface area (TPSA) is 73.6 Å². The zero-order valence-electron chi connectivity index (χ0n) is 22.2. The zero-order chi connectivity index (χ0) is 27.3. The number of halogens is 2. The minimum Gasteiger partial charge on any atom is -0.497 e. The second kappa shape index (κ2) is 10.00. The predicted octanol–water partition coefficient (Wildman–Crippen LogP) is 5.11. The summed E-state index contributed by atoms with van der Waals surface area (Å²) in [4.78, 5) is 14.6. The van der Waals surface area contributed by atoms with Crippen LogP contribution in [-0.2, 0) is 7.05 Å². The van der Waals surface area contributed by atoms with E-state index >= 15 is 0 Å². The van der Waals surface area contributed by atoms with Crippen LogP contribution in [-0.4, -0.2) is 47.7 Å². The normalized spacial score (nSPS) is 16.0. The minimum atomic E-state index is -2.69. The van der Waals surface area contributed by atoms with Crippen LogP contribution in [0.5, 0.6) is 11.5 Å². The molecule has 10 heteroatoms. The lowest BCUT2D eigenvalue weighted by atomic mass is 9.99. The summed E-state index contributed by atoms with van der Waals surface area (Å²) in [5.74, 6) is 1.09. The molecule has 2 aromatic carbocycles. The van der Waals surface area contributed by atoms with Crippen molar-refractivity contribution >= 4 is 22.3 Å². The van der Waals surface area contributed by atoms with Crippen molar-refractivity contribution in [3.05, 3.63) is 64.2 Å². The van der Waals surface area contributed by atoms with E-state index in [1.54, 1.807) is 37.9 Å². The molecule has 4 heterocycles. The van der Waals surface area contributed by atoms with Gasteiger partial charge in [-0.05, 0) is 56.6 Å². The molecular weight excluding hydrogens is 504 g/mol. The smallest absolute Gasteiger partial charge is 0.264 e. The monoisotopic (exact) mass is 535 g/mol. The van der Waals surface area contributed by atoms with E-state index in [1.165, 1.54) is 6.07 Å². The van der Waals surface area contributed by atoms with Crippen LogP contribution in [0.25, 0.3) is 22.0 Å². The number of rotatable bonds is 5. The van der Waals surface area contributed by atoms with Crippen LogP contribution < -0.4 is 25.2 Å². The third-order valence-electron chi connectivity index (χ3n) is 7.83. The summed E-state index contributed by atoms with van der Waals surface area (Å²) in [7, 11) is 3.29. The number of aromatic nitrogens is 3. The van der Waals surface area contributed by atoms with Gasteiger partial charge in [0.2, 0.25) is 0 Å². The van der Waals surface area contributed by atoms with Crippen molar-refractivity contribution in [2.24, 2.45) is 7.05 Å². The minimum absolute atomic E-state index is 0.0788. The number of anilines is 2. The van der Waals surface area contributed by atoms with Crippen molar-refractivity contribution in [1.82, 2.24) is 19.7 Å². The van der Waals surface area contributed by atoms with Crippen LogP contribution >= 0.6 is 0 Å². The van der Waals surface area contributed by atoms with Crippen LogP contribution in [0.4, 0.5) is 20.2 Å². The number of pyridine rings is 1. The summed E-state index contributed by atoms with van der Waals surface area (Å²) >= 11 is 0. The molecule has 2 aliphatic rings. The van der Waals surface area contributed by atoms with Gasteiger partial charge in [-0.3, -0.25) is 9.48 Å². The number of benzene rings is 2. The third-order valence-corrected chi connectivity index (χ3v) is 7.83. The molecule has 204 valence electrons. The Labute approximate surface area is 224 Å². The Morgan fingerprint density at radius 3 is 2.67 bits per heavy atom. The van der Waals surface area contributed by atoms with Gasteiger partial charge in [0.1, 0.15) is 18.1 Å². The largest absolute Gasteiger partial charge is 0.497 e. The number of nitrogens with zero attached hydrogens (tertiary/aromatic N) is 4. The summed E-state index contributed by atoms with van der Waals surface area (Å²) in [6, 6.07) is 9.01. The van der Waals surface area contributed by atoms with Crippen molar-refractivity contribution in [2.45, 2.75) is 32.2 Å². The molecule has 0 bridgehead atoms. The Hall–Kier alpha value is -3.92. The summed E-state index contributed by atoms with van der Waals surface area (Å²) in [6.45, 7) is 4.42. The maximum atomic E-state index is 14.5. The maximum absolute atomic E-state index is 14.5. The van der Waals surface area contributed by atoms with Crippen molar-refractivity contribution in [3.8, 4) is 22.6 Å². The fourth-order valence-corrected chi connectivity index (χ4v) is 5.72. The summed E-state index contributed by atoms with van der Waals surface area (Å²) < 4.78 is 44.1. The quantitative estimate of drug-likeness (QED) is 0.383. The molecule has 1 fully saturated rings. The van der Waals surface area contributed by atoms with Crippen LogP contribution in [0, 0.1) is 6.92 Å². The highest BCUT2D eigenvalue weighted by Gasteiger charge is 2.28. The first-order chi connectivity index (χ1) is 18.9. The Morgan fingerprint density at radius 2 is 1.92 bits per heavy atom. The van der Waals surface area contributed by atoms with Crippen molar-refractivity contribution in [1.29, 1.82) is 0 Å². The lowest BCUT2D eigenvalue weighted by Crippen LogP contribution is -2.29. The molecule has 0 aliphatic carbocycles. The van der Waals surface area contributed by atoms with Gasteiger partial charge in [-0.1, -0.05) is 0 Å². The highest BCUT2D eigenvalue weighted by Crippen LogP contribution is 2.46. The summed E-state index contributed by atoms with van der Waals surface area (Å²) in [5, 5.41) is 8.69. The van der Waals surface area contributed by atoms with E-state index in [-0.39, 0.29) is 17.2 Å². The number of alkyl halides is 2. The summed E-state index contributed by atoms with van der Waals surface area (Å²) in [6.07, 6.45) is 2.73. The zero-order valence-corrected chi connectivity index (χ0v) is 22.2. The van der Waals surface area contributed by atoms with Crippen LogP contribution in [0.3, 0.4) is 0 Å². The number of hydrogen-bond acceptors (Lipinski definition) is 6. The maximum Gasteiger partial charge on any atom is 0.264 e. The Balaban J connectivity index is 1.49. The van der Waals surface area contributed by atoms with Crippen LogP contribution in [0.1, 0.15) is 36.4 Å². The molecular formula is C29H31F2N5O3. The van der Waals surface area contributed by atoms with Crippen LogP contribution in [0.2, 0.25) is 0 Å². The van der Waals surface area contributed by atoms with E-state index in [1.807, 2.05) is 34.0 Å². The number of piperidine rings is 1. The van der Waals surface area contributed by atoms with Gasteiger partial charge in [0.15, 0.2) is 0 Å². The number of hydrogen-bond donors (Lipinski definition) is 1. The molecule has 2 aliphatic heterocycles. The first-order valence-corrected chi connectivity index (χ1v) is 13.2. The molecule has 6 rings (SSSR count). The lowest BCUT2D eigenvalue weighted by molar-refractivity contribution is 0.152. The van der Waals surface area contributed by atoms with Crippen molar-refractivity contribution < 1.29 is 18.3 Å². The number of fused-ring (bicyclic) bond motifs is 2. The second-order valence-electron chi connectivity index (χ2n) is 10.2. The molecule has 0 radical (unpaired) electrons. The summed E-state index contributed by atoms with van der Waals surface area (Å²) in [5.41, 5.74) is 3.49. The number of methoxy groups -OCH3 is 1. The Bertz CT molecular complexity index is 1610. The highest BCUT2D eigenvalue weighted by molar-refractivity contribution is 5.97. The molecule has 39 heavy (non-hydrogen) atoms. The Kier molecular flexibility index (Phi) is 6.50. The van der Waals surface area contributed by atoms with Crippen molar-refractivity contribution in [3.63, 3.8) is 0 Å². The van der Waals surface area contributed by atoms with E-state index in [0.29, 0.717) is 52.5 Å². The molecule has 8 nitrogen and oxygen atoms in total. The molecule has 0 spiro atoms.